The second-order valence-electron chi connectivity index (χ2n) is 4.77. The molecule has 22 heavy (non-hydrogen) atoms. The van der Waals surface area contributed by atoms with Crippen LogP contribution < -0.4 is 0 Å². The lowest BCUT2D eigenvalue weighted by atomic mass is 10.1. The number of benzene rings is 1. The van der Waals surface area contributed by atoms with Crippen molar-refractivity contribution in [1.82, 2.24) is 4.90 Å². The number of methoxy groups -OCH3 is 1. The fourth-order valence-electron chi connectivity index (χ4n) is 2.00. The van der Waals surface area contributed by atoms with Crippen LogP contribution in [0.25, 0.3) is 0 Å². The third kappa shape index (κ3) is 4.08. The summed E-state index contributed by atoms with van der Waals surface area (Å²) >= 11 is 7.08. The summed E-state index contributed by atoms with van der Waals surface area (Å²) in [6.45, 7) is 2.22. The molecule has 0 bridgehead atoms. The average molecular weight is 338 g/mol. The largest absolute Gasteiger partial charge is 0.468 e. The van der Waals surface area contributed by atoms with Crippen molar-refractivity contribution in [2.75, 3.05) is 13.7 Å². The Bertz CT molecular complexity index is 684. The summed E-state index contributed by atoms with van der Waals surface area (Å²) in [6, 6.07) is 11.1. The van der Waals surface area contributed by atoms with E-state index < -0.39 is 5.97 Å². The van der Waals surface area contributed by atoms with E-state index >= 15 is 0 Å². The highest BCUT2D eigenvalue weighted by atomic mass is 35.5. The molecule has 0 fully saturated rings. The first-order chi connectivity index (χ1) is 10.5. The van der Waals surface area contributed by atoms with Gasteiger partial charge in [0.25, 0.3) is 5.91 Å². The molecular formula is C16H16ClNO3S. The van der Waals surface area contributed by atoms with E-state index in [1.54, 1.807) is 12.1 Å². The van der Waals surface area contributed by atoms with E-state index in [4.69, 9.17) is 11.6 Å². The first kappa shape index (κ1) is 16.5. The van der Waals surface area contributed by atoms with E-state index in [0.717, 1.165) is 11.1 Å². The predicted molar refractivity (Wildman–Crippen MR) is 87.3 cm³/mol. The molecule has 0 radical (unpaired) electrons. The maximum absolute atomic E-state index is 12.6. The van der Waals surface area contributed by atoms with Gasteiger partial charge in [0, 0.05) is 6.54 Å². The number of carbonyl (C=O) groups is 2. The Hall–Kier alpha value is -1.85. The van der Waals surface area contributed by atoms with Crippen LogP contribution in [0.4, 0.5) is 0 Å². The molecule has 0 aliphatic rings. The number of hydrogen-bond donors (Lipinski definition) is 0. The summed E-state index contributed by atoms with van der Waals surface area (Å²) in [4.78, 5) is 26.2. The normalized spacial score (nSPS) is 10.3. The fourth-order valence-corrected chi connectivity index (χ4v) is 3.01. The smallest absolute Gasteiger partial charge is 0.325 e. The number of halogens is 1. The Morgan fingerprint density at radius 1 is 1.23 bits per heavy atom. The van der Waals surface area contributed by atoms with Crippen LogP contribution in [-0.2, 0) is 16.1 Å². The first-order valence-electron chi connectivity index (χ1n) is 6.67. The van der Waals surface area contributed by atoms with Crippen molar-refractivity contribution >= 4 is 34.8 Å². The van der Waals surface area contributed by atoms with Crippen LogP contribution in [0.2, 0.25) is 4.34 Å². The molecule has 0 saturated carbocycles. The number of hydrogen-bond acceptors (Lipinski definition) is 4. The van der Waals surface area contributed by atoms with E-state index in [1.165, 1.54) is 23.3 Å². The quantitative estimate of drug-likeness (QED) is 0.784. The number of amides is 1. The molecule has 4 nitrogen and oxygen atoms in total. The molecule has 0 aliphatic carbocycles. The van der Waals surface area contributed by atoms with Gasteiger partial charge in [-0.05, 0) is 30.2 Å². The molecule has 1 aromatic heterocycles. The van der Waals surface area contributed by atoms with Gasteiger partial charge in [0.05, 0.1) is 16.3 Å². The number of thiophene rings is 1. The van der Waals surface area contributed by atoms with Gasteiger partial charge < -0.3 is 9.64 Å². The van der Waals surface area contributed by atoms with Crippen molar-refractivity contribution in [1.29, 1.82) is 0 Å². The Morgan fingerprint density at radius 3 is 2.55 bits per heavy atom. The molecule has 0 N–H and O–H groups in total. The summed E-state index contributed by atoms with van der Waals surface area (Å²) in [5.41, 5.74) is 2.05. The highest BCUT2D eigenvalue weighted by molar-refractivity contribution is 7.17. The highest BCUT2D eigenvalue weighted by Crippen LogP contribution is 2.23. The van der Waals surface area contributed by atoms with Crippen molar-refractivity contribution in [3.8, 4) is 0 Å². The lowest BCUT2D eigenvalue weighted by Gasteiger charge is -2.21. The zero-order chi connectivity index (χ0) is 16.1. The summed E-state index contributed by atoms with van der Waals surface area (Å²) in [7, 11) is 1.31. The third-order valence-electron chi connectivity index (χ3n) is 3.24. The molecule has 2 rings (SSSR count). The molecular weight excluding hydrogens is 322 g/mol. The van der Waals surface area contributed by atoms with Gasteiger partial charge in [0.1, 0.15) is 6.54 Å². The molecule has 1 aromatic carbocycles. The number of ether oxygens (including phenoxy) is 1. The Morgan fingerprint density at radius 2 is 1.95 bits per heavy atom. The van der Waals surface area contributed by atoms with Crippen LogP contribution in [0.15, 0.2) is 36.4 Å². The number of carbonyl (C=O) groups excluding carboxylic acids is 2. The van der Waals surface area contributed by atoms with Gasteiger partial charge in [0.15, 0.2) is 0 Å². The van der Waals surface area contributed by atoms with Gasteiger partial charge in [-0.25, -0.2) is 0 Å². The van der Waals surface area contributed by atoms with Crippen LogP contribution in [0.3, 0.4) is 0 Å². The van der Waals surface area contributed by atoms with Crippen molar-refractivity contribution in [3.63, 3.8) is 0 Å². The van der Waals surface area contributed by atoms with Crippen LogP contribution in [0.5, 0.6) is 0 Å². The van der Waals surface area contributed by atoms with E-state index in [2.05, 4.69) is 4.74 Å². The second-order valence-corrected chi connectivity index (χ2v) is 6.48. The summed E-state index contributed by atoms with van der Waals surface area (Å²) in [5.74, 6) is -0.685. The maximum atomic E-state index is 12.6. The maximum Gasteiger partial charge on any atom is 0.325 e. The second kappa shape index (κ2) is 7.42. The van der Waals surface area contributed by atoms with Crippen molar-refractivity contribution in [2.45, 2.75) is 13.5 Å². The van der Waals surface area contributed by atoms with Crippen LogP contribution in [0, 0.1) is 6.92 Å². The fraction of sp³-hybridized carbons (Fsp3) is 0.250. The van der Waals surface area contributed by atoms with E-state index in [-0.39, 0.29) is 12.5 Å². The van der Waals surface area contributed by atoms with Gasteiger partial charge in [-0.3, -0.25) is 9.59 Å². The monoisotopic (exact) mass is 337 g/mol. The van der Waals surface area contributed by atoms with Crippen molar-refractivity contribution in [3.05, 3.63) is 56.7 Å². The molecule has 0 unspecified atom stereocenters. The first-order valence-corrected chi connectivity index (χ1v) is 7.86. The topological polar surface area (TPSA) is 46.6 Å². The molecule has 6 heteroatoms. The van der Waals surface area contributed by atoms with Gasteiger partial charge in [0.2, 0.25) is 0 Å². The minimum Gasteiger partial charge on any atom is -0.468 e. The number of rotatable bonds is 5. The van der Waals surface area contributed by atoms with E-state index in [0.29, 0.717) is 15.8 Å². The van der Waals surface area contributed by atoms with Gasteiger partial charge in [-0.1, -0.05) is 35.9 Å². The zero-order valence-electron chi connectivity index (χ0n) is 12.3. The third-order valence-corrected chi connectivity index (χ3v) is 4.46. The molecule has 1 heterocycles. The summed E-state index contributed by atoms with van der Waals surface area (Å²) in [6.07, 6.45) is 0. The standard InChI is InChI=1S/C16H16ClNO3S/c1-11-5-3-4-6-12(11)9-18(10-15(19)21-2)16(20)13-7-8-14(17)22-13/h3-8H,9-10H2,1-2H3. The minimum absolute atomic E-state index is 0.0980. The molecule has 0 saturated heterocycles. The predicted octanol–water partition coefficient (Wildman–Crippen LogP) is 3.53. The van der Waals surface area contributed by atoms with Crippen LogP contribution in [-0.4, -0.2) is 30.4 Å². The molecule has 0 spiro atoms. The minimum atomic E-state index is -0.454. The number of aryl methyl sites for hydroxylation is 1. The Kier molecular flexibility index (Phi) is 5.57. The van der Waals surface area contributed by atoms with Gasteiger partial charge in [-0.2, -0.15) is 0 Å². The lowest BCUT2D eigenvalue weighted by molar-refractivity contribution is -0.141. The van der Waals surface area contributed by atoms with E-state index in [1.807, 2.05) is 31.2 Å². The summed E-state index contributed by atoms with van der Waals surface area (Å²) < 4.78 is 5.22. The van der Waals surface area contributed by atoms with Crippen LogP contribution in [0.1, 0.15) is 20.8 Å². The summed E-state index contributed by atoms with van der Waals surface area (Å²) in [5, 5.41) is 0. The SMILES string of the molecule is COC(=O)CN(Cc1ccccc1C)C(=O)c1ccc(Cl)s1. The molecule has 116 valence electrons. The van der Waals surface area contributed by atoms with Gasteiger partial charge in [-0.15, -0.1) is 11.3 Å². The highest BCUT2D eigenvalue weighted by Gasteiger charge is 2.21. The van der Waals surface area contributed by atoms with Crippen molar-refractivity contribution in [2.24, 2.45) is 0 Å². The van der Waals surface area contributed by atoms with E-state index in [9.17, 15) is 9.59 Å². The number of nitrogens with zero attached hydrogens (tertiary/aromatic N) is 1. The van der Waals surface area contributed by atoms with Crippen LogP contribution >= 0.6 is 22.9 Å². The Labute approximate surface area is 138 Å². The number of esters is 1. The molecule has 0 aliphatic heterocycles. The lowest BCUT2D eigenvalue weighted by Crippen LogP contribution is -2.35. The molecule has 2 aromatic rings. The van der Waals surface area contributed by atoms with Gasteiger partial charge >= 0.3 is 5.97 Å². The zero-order valence-corrected chi connectivity index (χ0v) is 13.9. The van der Waals surface area contributed by atoms with Crippen molar-refractivity contribution < 1.29 is 14.3 Å². The average Bonchev–Trinajstić information content (AvgIpc) is 2.94. The Balaban J connectivity index is 2.24. The molecule has 1 amide bonds. The molecule has 0 atom stereocenters.